The highest BCUT2D eigenvalue weighted by molar-refractivity contribution is 6.36. The van der Waals surface area contributed by atoms with E-state index in [1.807, 2.05) is 30.3 Å². The van der Waals surface area contributed by atoms with Gasteiger partial charge in [0, 0.05) is 10.6 Å². The molecule has 22 heavy (non-hydrogen) atoms. The molecule has 2 aromatic carbocycles. The van der Waals surface area contributed by atoms with E-state index in [9.17, 15) is 5.26 Å². The first-order valence-electron chi connectivity index (χ1n) is 6.38. The normalized spacial score (nSPS) is 10.6. The minimum atomic E-state index is 0.0788. The van der Waals surface area contributed by atoms with Crippen molar-refractivity contribution >= 4 is 34.9 Å². The lowest BCUT2D eigenvalue weighted by atomic mass is 10.0. The lowest BCUT2D eigenvalue weighted by Crippen LogP contribution is -1.97. The summed E-state index contributed by atoms with van der Waals surface area (Å²) in [7, 11) is 0. The second-order valence-electron chi connectivity index (χ2n) is 4.33. The van der Waals surface area contributed by atoms with Gasteiger partial charge in [-0.3, -0.25) is 0 Å². The van der Waals surface area contributed by atoms with Crippen LogP contribution in [0, 0.1) is 23.7 Å². The van der Waals surface area contributed by atoms with Gasteiger partial charge in [-0.05, 0) is 23.8 Å². The van der Waals surface area contributed by atoms with Crippen LogP contribution >= 0.6 is 23.2 Å². The minimum absolute atomic E-state index is 0.0788. The maximum absolute atomic E-state index is 9.39. The van der Waals surface area contributed by atoms with Gasteiger partial charge in [0.05, 0.1) is 16.7 Å². The first kappa shape index (κ1) is 16.0. The molecular formula is C18H11Cl2NO. The van der Waals surface area contributed by atoms with Crippen LogP contribution in [0.3, 0.4) is 0 Å². The van der Waals surface area contributed by atoms with E-state index in [1.54, 1.807) is 18.2 Å². The number of ether oxygens (including phenoxy) is 1. The van der Waals surface area contributed by atoms with Crippen molar-refractivity contribution in [1.82, 2.24) is 0 Å². The summed E-state index contributed by atoms with van der Waals surface area (Å²) in [4.78, 5) is 0. The van der Waals surface area contributed by atoms with E-state index in [1.165, 1.54) is 0 Å². The lowest BCUT2D eigenvalue weighted by Gasteiger charge is -2.10. The Kier molecular flexibility index (Phi) is 5.50. The van der Waals surface area contributed by atoms with Gasteiger partial charge in [0.2, 0.25) is 0 Å². The highest BCUT2D eigenvalue weighted by atomic mass is 35.5. The molecule has 2 aromatic rings. The average molecular weight is 328 g/mol. The number of halogens is 2. The summed E-state index contributed by atoms with van der Waals surface area (Å²) < 4.78 is 5.47. The Bertz CT molecular complexity index is 783. The van der Waals surface area contributed by atoms with E-state index in [0.717, 1.165) is 5.56 Å². The van der Waals surface area contributed by atoms with Gasteiger partial charge in [-0.2, -0.15) is 5.26 Å². The largest absolute Gasteiger partial charge is 0.479 e. The second-order valence-corrected chi connectivity index (χ2v) is 5.18. The Hall–Kier alpha value is -2.39. The molecule has 0 aromatic heterocycles. The molecule has 0 fully saturated rings. The van der Waals surface area contributed by atoms with Crippen LogP contribution in [0.5, 0.6) is 5.75 Å². The van der Waals surface area contributed by atoms with Gasteiger partial charge in [-0.15, -0.1) is 6.42 Å². The Balaban J connectivity index is 2.53. The molecule has 0 spiro atoms. The summed E-state index contributed by atoms with van der Waals surface area (Å²) in [5.74, 6) is 2.79. The van der Waals surface area contributed by atoms with Crippen molar-refractivity contribution in [2.45, 2.75) is 0 Å². The molecule has 0 saturated carbocycles. The molecule has 0 saturated heterocycles. The van der Waals surface area contributed by atoms with Crippen LogP contribution in [0.15, 0.2) is 42.5 Å². The van der Waals surface area contributed by atoms with Crippen molar-refractivity contribution in [2.24, 2.45) is 0 Å². The Morgan fingerprint density at radius 1 is 1.23 bits per heavy atom. The molecule has 0 N–H and O–H groups in total. The summed E-state index contributed by atoms with van der Waals surface area (Å²) in [6, 6.07) is 14.7. The SMILES string of the molecule is C#CCOc1c(Cl)cc(Cl)cc1/C=C(\C#N)c1ccccc1. The van der Waals surface area contributed by atoms with Crippen molar-refractivity contribution in [3.63, 3.8) is 0 Å². The predicted octanol–water partition coefficient (Wildman–Crippen LogP) is 5.07. The summed E-state index contributed by atoms with van der Waals surface area (Å²) >= 11 is 12.2. The van der Waals surface area contributed by atoms with Gasteiger partial charge in [0.25, 0.3) is 0 Å². The van der Waals surface area contributed by atoms with Crippen molar-refractivity contribution in [2.75, 3.05) is 6.61 Å². The Morgan fingerprint density at radius 2 is 1.95 bits per heavy atom. The number of rotatable bonds is 4. The first-order valence-corrected chi connectivity index (χ1v) is 7.14. The van der Waals surface area contributed by atoms with E-state index in [2.05, 4.69) is 12.0 Å². The molecular weight excluding hydrogens is 317 g/mol. The quantitative estimate of drug-likeness (QED) is 0.446. The molecule has 0 aliphatic carbocycles. The molecule has 108 valence electrons. The number of hydrogen-bond donors (Lipinski definition) is 0. The predicted molar refractivity (Wildman–Crippen MR) is 90.7 cm³/mol. The maximum Gasteiger partial charge on any atom is 0.148 e. The molecule has 4 heteroatoms. The van der Waals surface area contributed by atoms with Crippen molar-refractivity contribution in [3.8, 4) is 24.2 Å². The number of terminal acetylenes is 1. The minimum Gasteiger partial charge on any atom is -0.479 e. The zero-order valence-corrected chi connectivity index (χ0v) is 13.0. The van der Waals surface area contributed by atoms with E-state index < -0.39 is 0 Å². The molecule has 2 nitrogen and oxygen atoms in total. The van der Waals surface area contributed by atoms with Crippen LogP contribution in [0.2, 0.25) is 10.0 Å². The van der Waals surface area contributed by atoms with Crippen molar-refractivity contribution < 1.29 is 4.74 Å². The fourth-order valence-corrected chi connectivity index (χ4v) is 2.47. The molecule has 0 aliphatic heterocycles. The maximum atomic E-state index is 9.39. The summed E-state index contributed by atoms with van der Waals surface area (Å²) in [6.07, 6.45) is 6.89. The number of benzene rings is 2. The molecule has 0 amide bonds. The van der Waals surface area contributed by atoms with Gasteiger partial charge in [-0.1, -0.05) is 59.5 Å². The third kappa shape index (κ3) is 3.83. The van der Waals surface area contributed by atoms with Gasteiger partial charge >= 0.3 is 0 Å². The van der Waals surface area contributed by atoms with E-state index in [0.29, 0.717) is 26.9 Å². The lowest BCUT2D eigenvalue weighted by molar-refractivity contribution is 0.370. The standard InChI is InChI=1S/C18H11Cl2NO/c1-2-8-22-18-14(10-16(19)11-17(18)20)9-15(12-21)13-6-4-3-5-7-13/h1,3-7,9-11H,8H2/b15-9+. The number of allylic oxidation sites excluding steroid dienone is 1. The molecule has 0 radical (unpaired) electrons. The summed E-state index contributed by atoms with van der Waals surface area (Å²) in [6.45, 7) is 0.0788. The number of nitrogens with zero attached hydrogens (tertiary/aromatic N) is 1. The average Bonchev–Trinajstić information content (AvgIpc) is 2.52. The summed E-state index contributed by atoms with van der Waals surface area (Å²) in [5.41, 5.74) is 1.88. The van der Waals surface area contributed by atoms with Gasteiger partial charge < -0.3 is 4.74 Å². The van der Waals surface area contributed by atoms with Crippen LogP contribution in [0.1, 0.15) is 11.1 Å². The van der Waals surface area contributed by atoms with E-state index in [-0.39, 0.29) is 6.61 Å². The van der Waals surface area contributed by atoms with Crippen LogP contribution < -0.4 is 4.74 Å². The van der Waals surface area contributed by atoms with Crippen LogP contribution in [-0.4, -0.2) is 6.61 Å². The fraction of sp³-hybridized carbons (Fsp3) is 0.0556. The fourth-order valence-electron chi connectivity index (χ4n) is 1.91. The first-order chi connectivity index (χ1) is 10.7. The third-order valence-corrected chi connectivity index (χ3v) is 3.34. The summed E-state index contributed by atoms with van der Waals surface area (Å²) in [5, 5.41) is 10.2. The zero-order valence-electron chi connectivity index (χ0n) is 11.5. The molecule has 0 bridgehead atoms. The van der Waals surface area contributed by atoms with E-state index >= 15 is 0 Å². The van der Waals surface area contributed by atoms with E-state index in [4.69, 9.17) is 34.4 Å². The Labute approximate surface area is 139 Å². The van der Waals surface area contributed by atoms with Gasteiger partial charge in [0.15, 0.2) is 0 Å². The highest BCUT2D eigenvalue weighted by Crippen LogP contribution is 2.34. The molecule has 0 heterocycles. The highest BCUT2D eigenvalue weighted by Gasteiger charge is 2.11. The second kappa shape index (κ2) is 7.57. The van der Waals surface area contributed by atoms with Crippen molar-refractivity contribution in [3.05, 3.63) is 63.6 Å². The Morgan fingerprint density at radius 3 is 2.59 bits per heavy atom. The number of nitriles is 1. The van der Waals surface area contributed by atoms with Crippen LogP contribution in [0.25, 0.3) is 11.6 Å². The molecule has 0 atom stereocenters. The zero-order chi connectivity index (χ0) is 15.9. The molecule has 2 rings (SSSR count). The van der Waals surface area contributed by atoms with Crippen molar-refractivity contribution in [1.29, 1.82) is 5.26 Å². The monoisotopic (exact) mass is 327 g/mol. The molecule has 0 aliphatic rings. The third-order valence-electron chi connectivity index (χ3n) is 2.84. The van der Waals surface area contributed by atoms with Crippen LogP contribution in [-0.2, 0) is 0 Å². The van der Waals surface area contributed by atoms with Gasteiger partial charge in [0.1, 0.15) is 12.4 Å². The van der Waals surface area contributed by atoms with Crippen LogP contribution in [0.4, 0.5) is 0 Å². The molecule has 0 unspecified atom stereocenters. The topological polar surface area (TPSA) is 33.0 Å². The van der Waals surface area contributed by atoms with Gasteiger partial charge in [-0.25, -0.2) is 0 Å². The smallest absolute Gasteiger partial charge is 0.148 e. The number of hydrogen-bond acceptors (Lipinski definition) is 2.